The Kier molecular flexibility index (Phi) is 12.3. The maximum Gasteiger partial charge on any atom is 0.343 e. The summed E-state index contributed by atoms with van der Waals surface area (Å²) in [5.74, 6) is 0.237. The summed E-state index contributed by atoms with van der Waals surface area (Å²) < 4.78 is 16.3. The van der Waals surface area contributed by atoms with E-state index in [2.05, 4.69) is 27.0 Å². The zero-order chi connectivity index (χ0) is 31.9. The van der Waals surface area contributed by atoms with E-state index in [0.29, 0.717) is 36.0 Å². The monoisotopic (exact) mass is 604 g/mol. The lowest BCUT2D eigenvalue weighted by molar-refractivity contribution is -0.137. The number of hydrogen-bond donors (Lipinski definition) is 0. The predicted octanol–water partition coefficient (Wildman–Crippen LogP) is 10.0. The van der Waals surface area contributed by atoms with Gasteiger partial charge in [0.1, 0.15) is 11.5 Å². The normalized spacial score (nSPS) is 11.1. The molecule has 4 aromatic rings. The number of benzene rings is 4. The van der Waals surface area contributed by atoms with Crippen molar-refractivity contribution in [3.8, 4) is 11.5 Å². The van der Waals surface area contributed by atoms with Crippen molar-refractivity contribution in [1.29, 1.82) is 0 Å². The summed E-state index contributed by atoms with van der Waals surface area (Å²) in [6, 6.07) is 27.2. The molecule has 0 heterocycles. The number of carbonyl (C=O) groups is 2. The number of rotatable bonds is 15. The molecule has 0 aromatic heterocycles. The van der Waals surface area contributed by atoms with Crippen LogP contribution in [0.25, 0.3) is 0 Å². The lowest BCUT2D eigenvalue weighted by Gasteiger charge is -2.09. The van der Waals surface area contributed by atoms with E-state index in [-0.39, 0.29) is 0 Å². The third-order valence-electron chi connectivity index (χ3n) is 6.67. The lowest BCUT2D eigenvalue weighted by atomic mass is 10.2. The average molecular weight is 605 g/mol. The second kappa shape index (κ2) is 17.0. The Hall–Kier alpha value is -5.44. The summed E-state index contributed by atoms with van der Waals surface area (Å²) in [5, 5.41) is 17.4. The van der Waals surface area contributed by atoms with Gasteiger partial charge >= 0.3 is 11.9 Å². The molecule has 4 rings (SSSR count). The van der Waals surface area contributed by atoms with Crippen molar-refractivity contribution in [3.63, 3.8) is 0 Å². The fraction of sp³-hybridized carbons (Fsp3) is 0.222. The van der Waals surface area contributed by atoms with Gasteiger partial charge in [-0.3, -0.25) is 0 Å². The molecule has 4 aromatic carbocycles. The molecule has 0 aliphatic rings. The van der Waals surface area contributed by atoms with E-state index < -0.39 is 11.9 Å². The highest BCUT2D eigenvalue weighted by Crippen LogP contribution is 2.30. The number of azo groups is 2. The first-order chi connectivity index (χ1) is 21.9. The zero-order valence-corrected chi connectivity index (χ0v) is 25.5. The largest absolute Gasteiger partial charge is 0.494 e. The summed E-state index contributed by atoms with van der Waals surface area (Å²) >= 11 is 0. The van der Waals surface area contributed by atoms with Gasteiger partial charge in [0.15, 0.2) is 0 Å². The highest BCUT2D eigenvalue weighted by Gasteiger charge is 2.10. The number of nitrogens with zero attached hydrogens (tertiary/aromatic N) is 4. The van der Waals surface area contributed by atoms with Gasteiger partial charge in [0.25, 0.3) is 0 Å². The molecule has 9 nitrogen and oxygen atoms in total. The minimum absolute atomic E-state index is 0.394. The molecule has 0 atom stereocenters. The van der Waals surface area contributed by atoms with Gasteiger partial charge < -0.3 is 14.2 Å². The molecule has 0 radical (unpaired) electrons. The van der Waals surface area contributed by atoms with Crippen LogP contribution in [0.4, 0.5) is 22.7 Å². The van der Waals surface area contributed by atoms with E-state index in [1.54, 1.807) is 42.5 Å². The maximum absolute atomic E-state index is 12.7. The van der Waals surface area contributed by atoms with E-state index in [0.717, 1.165) is 59.9 Å². The summed E-state index contributed by atoms with van der Waals surface area (Å²) in [4.78, 5) is 23.7. The molecule has 0 aliphatic heterocycles. The van der Waals surface area contributed by atoms with Gasteiger partial charge in [-0.15, -0.1) is 0 Å². The molecular formula is C36H36N4O5. The number of esters is 2. The zero-order valence-electron chi connectivity index (χ0n) is 25.5. The number of carbonyl (C=O) groups excluding carboxylic acids is 2. The lowest BCUT2D eigenvalue weighted by Crippen LogP contribution is -2.08. The highest BCUT2D eigenvalue weighted by atomic mass is 16.5. The van der Waals surface area contributed by atoms with Gasteiger partial charge in [-0.25, -0.2) is 9.59 Å². The van der Waals surface area contributed by atoms with Gasteiger partial charge in [0.2, 0.25) is 0 Å². The molecule has 9 heteroatoms. The molecule has 0 saturated heterocycles. The van der Waals surface area contributed by atoms with Crippen LogP contribution in [0.5, 0.6) is 11.5 Å². The van der Waals surface area contributed by atoms with Crippen LogP contribution in [-0.4, -0.2) is 25.2 Å². The summed E-state index contributed by atoms with van der Waals surface area (Å²) in [5.41, 5.74) is 5.06. The minimum Gasteiger partial charge on any atom is -0.494 e. The quantitative estimate of drug-likeness (QED) is 0.0441. The van der Waals surface area contributed by atoms with Crippen molar-refractivity contribution in [2.24, 2.45) is 20.5 Å². The third-order valence-corrected chi connectivity index (χ3v) is 6.67. The van der Waals surface area contributed by atoms with Crippen LogP contribution in [0.15, 0.2) is 124 Å². The minimum atomic E-state index is -0.465. The van der Waals surface area contributed by atoms with Crippen molar-refractivity contribution in [2.45, 2.75) is 39.5 Å². The van der Waals surface area contributed by atoms with Gasteiger partial charge in [-0.05, 0) is 123 Å². The Labute approximate surface area is 263 Å². The summed E-state index contributed by atoms with van der Waals surface area (Å²) in [6.07, 6.45) is 4.76. The van der Waals surface area contributed by atoms with Crippen LogP contribution in [0.1, 0.15) is 47.2 Å². The molecule has 230 valence electrons. The van der Waals surface area contributed by atoms with E-state index in [1.807, 2.05) is 62.4 Å². The van der Waals surface area contributed by atoms with E-state index in [4.69, 9.17) is 14.2 Å². The van der Waals surface area contributed by atoms with E-state index in [1.165, 1.54) is 0 Å². The molecule has 0 N–H and O–H groups in total. The van der Waals surface area contributed by atoms with Crippen LogP contribution >= 0.6 is 0 Å². The molecule has 45 heavy (non-hydrogen) atoms. The molecule has 0 spiro atoms. The van der Waals surface area contributed by atoms with Crippen molar-refractivity contribution in [3.05, 3.63) is 120 Å². The van der Waals surface area contributed by atoms with Crippen LogP contribution in [-0.2, 0) is 9.53 Å². The molecule has 0 unspecified atom stereocenters. The molecule has 0 bridgehead atoms. The second-order valence-corrected chi connectivity index (χ2v) is 10.2. The first kappa shape index (κ1) is 32.5. The highest BCUT2D eigenvalue weighted by molar-refractivity contribution is 5.91. The van der Waals surface area contributed by atoms with Gasteiger partial charge in [0, 0.05) is 6.08 Å². The molecule has 0 amide bonds. The Morgan fingerprint density at radius 1 is 0.667 bits per heavy atom. The van der Waals surface area contributed by atoms with Crippen molar-refractivity contribution >= 4 is 34.7 Å². The number of hydrogen-bond acceptors (Lipinski definition) is 9. The van der Waals surface area contributed by atoms with Gasteiger partial charge in [-0.2, -0.15) is 20.5 Å². The summed E-state index contributed by atoms with van der Waals surface area (Å²) in [6.45, 7) is 8.16. The Morgan fingerprint density at radius 2 is 1.29 bits per heavy atom. The predicted molar refractivity (Wildman–Crippen MR) is 174 cm³/mol. The van der Waals surface area contributed by atoms with Crippen molar-refractivity contribution < 1.29 is 23.8 Å². The Bertz CT molecular complexity index is 1650. The molecule has 0 saturated carbocycles. The fourth-order valence-electron chi connectivity index (χ4n) is 4.17. The standard InChI is InChI=1S/C36H36N4O5/c1-4-35(41)44-23-11-6-5-10-22-43-31-17-14-28(15-18-31)36(42)45-32-19-21-34(27(3)25-32)40-39-33-20-16-30(24-26(33)2)38-37-29-12-8-7-9-13-29/h4,7-9,12-21,24-25H,1,5-6,10-11,22-23H2,2-3H3. The SMILES string of the molecule is C=CC(=O)OCCCCCCOc1ccc(C(=O)Oc2ccc(N=Nc3ccc(N=Nc4ccccc4)cc3C)c(C)c2)cc1. The number of ether oxygens (including phenoxy) is 3. The van der Waals surface area contributed by atoms with Crippen LogP contribution in [0, 0.1) is 13.8 Å². The number of unbranched alkanes of at least 4 members (excludes halogenated alkanes) is 3. The molecule has 0 fully saturated rings. The number of aryl methyl sites for hydroxylation is 2. The third kappa shape index (κ3) is 10.7. The average Bonchev–Trinajstić information content (AvgIpc) is 3.05. The van der Waals surface area contributed by atoms with Crippen LogP contribution < -0.4 is 9.47 Å². The van der Waals surface area contributed by atoms with Crippen LogP contribution in [0.3, 0.4) is 0 Å². The van der Waals surface area contributed by atoms with E-state index >= 15 is 0 Å². The smallest absolute Gasteiger partial charge is 0.343 e. The Balaban J connectivity index is 1.23. The second-order valence-electron chi connectivity index (χ2n) is 10.2. The first-order valence-electron chi connectivity index (χ1n) is 14.8. The van der Waals surface area contributed by atoms with Gasteiger partial charge in [-0.1, -0.05) is 24.8 Å². The first-order valence-corrected chi connectivity index (χ1v) is 14.8. The Morgan fingerprint density at radius 3 is 1.96 bits per heavy atom. The molecule has 0 aliphatic carbocycles. The van der Waals surface area contributed by atoms with Crippen LogP contribution in [0.2, 0.25) is 0 Å². The van der Waals surface area contributed by atoms with Crippen molar-refractivity contribution in [1.82, 2.24) is 0 Å². The van der Waals surface area contributed by atoms with E-state index in [9.17, 15) is 9.59 Å². The van der Waals surface area contributed by atoms with Gasteiger partial charge in [0.05, 0.1) is 41.5 Å². The topological polar surface area (TPSA) is 111 Å². The van der Waals surface area contributed by atoms with Crippen molar-refractivity contribution in [2.75, 3.05) is 13.2 Å². The fourth-order valence-corrected chi connectivity index (χ4v) is 4.17. The maximum atomic E-state index is 12.7. The molecular weight excluding hydrogens is 568 g/mol. The summed E-state index contributed by atoms with van der Waals surface area (Å²) in [7, 11) is 0.